The number of hydrogen-bond donors (Lipinski definition) is 1. The topological polar surface area (TPSA) is 133 Å². The normalized spacial score (nSPS) is 38.0. The van der Waals surface area contributed by atoms with E-state index < -0.39 is 36.0 Å². The predicted octanol–water partition coefficient (Wildman–Crippen LogP) is 5.05. The fourth-order valence-electron chi connectivity index (χ4n) is 6.64. The summed E-state index contributed by atoms with van der Waals surface area (Å²) < 4.78 is 34.7. The highest BCUT2D eigenvalue weighted by atomic mass is 16.6. The molecule has 4 aliphatic rings. The molecular weight excluding hydrogens is 578 g/mol. The van der Waals surface area contributed by atoms with Gasteiger partial charge in [0.2, 0.25) is 0 Å². The number of methoxy groups -OCH3 is 1. The summed E-state index contributed by atoms with van der Waals surface area (Å²) in [6.07, 6.45) is 11.7. The van der Waals surface area contributed by atoms with Crippen molar-refractivity contribution in [2.45, 2.75) is 116 Å². The maximum Gasteiger partial charge on any atom is 0.338 e. The first kappa shape index (κ1) is 33.3. The number of ether oxygens (including phenoxy) is 5. The molecule has 1 N–H and O–H groups in total. The predicted molar refractivity (Wildman–Crippen MR) is 166 cm³/mol. The van der Waals surface area contributed by atoms with E-state index in [0.29, 0.717) is 25.2 Å². The van der Waals surface area contributed by atoms with Crippen molar-refractivity contribution in [1.29, 1.82) is 0 Å². The second-order valence-corrected chi connectivity index (χ2v) is 13.3. The zero-order chi connectivity index (χ0) is 32.5. The molecule has 246 valence electrons. The molecule has 10 nitrogen and oxygen atoms in total. The number of esters is 2. The van der Waals surface area contributed by atoms with E-state index in [1.54, 1.807) is 20.3 Å². The van der Waals surface area contributed by atoms with Crippen LogP contribution in [0.5, 0.6) is 0 Å². The second-order valence-electron chi connectivity index (χ2n) is 13.3. The minimum Gasteiger partial charge on any atom is -0.462 e. The van der Waals surface area contributed by atoms with Crippen LogP contribution in [0.4, 0.5) is 0 Å². The summed E-state index contributed by atoms with van der Waals surface area (Å²) in [4.78, 5) is 30.1. The molecular formula is C35H47NO9. The maximum atomic E-state index is 13.4. The Morgan fingerprint density at radius 2 is 1.91 bits per heavy atom. The average Bonchev–Trinajstić information content (AvgIpc) is 3.86. The van der Waals surface area contributed by atoms with E-state index in [1.165, 1.54) is 0 Å². The quantitative estimate of drug-likeness (QED) is 0.190. The van der Waals surface area contributed by atoms with E-state index in [-0.39, 0.29) is 48.5 Å². The lowest BCUT2D eigenvalue weighted by molar-refractivity contribution is -0.159. The number of aliphatic hydroxyl groups excluding tert-OH is 1. The second kappa shape index (κ2) is 13.7. The van der Waals surface area contributed by atoms with Crippen LogP contribution in [0.2, 0.25) is 0 Å². The van der Waals surface area contributed by atoms with E-state index in [9.17, 15) is 14.7 Å². The van der Waals surface area contributed by atoms with E-state index in [0.717, 1.165) is 16.8 Å². The largest absolute Gasteiger partial charge is 0.462 e. The number of carbonyl (C=O) groups excluding carboxylic acids is 2. The molecule has 0 spiro atoms. The van der Waals surface area contributed by atoms with Crippen LogP contribution in [0.1, 0.15) is 71.9 Å². The first-order valence-corrected chi connectivity index (χ1v) is 16.0. The fraction of sp³-hybridized carbons (Fsp3) is 0.629. The smallest absolute Gasteiger partial charge is 0.338 e. The number of epoxide rings is 2. The lowest BCUT2D eigenvalue weighted by atomic mass is 9.84. The van der Waals surface area contributed by atoms with Crippen molar-refractivity contribution in [3.8, 4) is 0 Å². The Balaban J connectivity index is 1.33. The number of allylic oxidation sites excluding steroid dienone is 4. The van der Waals surface area contributed by atoms with Crippen LogP contribution < -0.4 is 0 Å². The third-order valence-corrected chi connectivity index (χ3v) is 9.63. The number of oxazole rings is 1. The molecule has 10 heteroatoms. The molecule has 3 fully saturated rings. The molecule has 1 aromatic heterocycles. The molecule has 0 unspecified atom stereocenters. The highest BCUT2D eigenvalue weighted by Gasteiger charge is 2.57. The Morgan fingerprint density at radius 3 is 2.62 bits per heavy atom. The molecule has 5 rings (SSSR count). The summed E-state index contributed by atoms with van der Waals surface area (Å²) in [5.41, 5.74) is 1.86. The van der Waals surface area contributed by atoms with Gasteiger partial charge in [-0.25, -0.2) is 9.78 Å². The van der Waals surface area contributed by atoms with Crippen LogP contribution in [-0.2, 0) is 33.3 Å². The molecule has 45 heavy (non-hydrogen) atoms. The van der Waals surface area contributed by atoms with Crippen LogP contribution in [0.3, 0.4) is 0 Å². The molecule has 4 aliphatic heterocycles. The third kappa shape index (κ3) is 8.03. The van der Waals surface area contributed by atoms with Gasteiger partial charge in [-0.2, -0.15) is 0 Å². The number of aromatic nitrogens is 1. The van der Waals surface area contributed by atoms with E-state index >= 15 is 0 Å². The monoisotopic (exact) mass is 625 g/mol. The zero-order valence-electron chi connectivity index (χ0n) is 27.3. The van der Waals surface area contributed by atoms with E-state index in [1.807, 2.05) is 71.1 Å². The number of aryl methyl sites for hydroxylation is 1. The lowest BCUT2D eigenvalue weighted by Gasteiger charge is -2.33. The minimum absolute atomic E-state index is 0.0130. The summed E-state index contributed by atoms with van der Waals surface area (Å²) in [7, 11) is 1.63. The van der Waals surface area contributed by atoms with Gasteiger partial charge in [0.15, 0.2) is 12.0 Å². The summed E-state index contributed by atoms with van der Waals surface area (Å²) in [5, 5.41) is 11.4. The van der Waals surface area contributed by atoms with Crippen molar-refractivity contribution in [2.24, 2.45) is 17.8 Å². The molecule has 0 radical (unpaired) electrons. The van der Waals surface area contributed by atoms with Crippen molar-refractivity contribution in [2.75, 3.05) is 7.11 Å². The molecule has 1 aromatic rings. The van der Waals surface area contributed by atoms with Gasteiger partial charge in [-0.3, -0.25) is 4.79 Å². The molecule has 0 aromatic carbocycles. The highest BCUT2D eigenvalue weighted by molar-refractivity contribution is 5.78. The molecule has 3 saturated heterocycles. The summed E-state index contributed by atoms with van der Waals surface area (Å²) >= 11 is 0. The number of fused-ring (bicyclic) bond motifs is 4. The number of carbonyl (C=O) groups is 2. The standard InChI is InChI=1S/C35H47NO9/c1-19(13-25-18-41-23(5)36-25)9-8-10-21(3)32(40-7)22(4)27-17-29(37)35(6)30(45-35)12-11-20(2)26-14-24(16-31(38)42-26)15-28-33(43-28)34(39)44-27/h8-13,18,20,22,24,26-30,32-33,37H,14-17H2,1-7H3/b9-8+,12-11+,19-13+,21-10+/t20-,22-,24+,26-,27+,28+,29+,30-,32+,33-,35-/m1/s1. The maximum absolute atomic E-state index is 13.4. The highest BCUT2D eigenvalue weighted by Crippen LogP contribution is 2.44. The van der Waals surface area contributed by atoms with Gasteiger partial charge < -0.3 is 33.2 Å². The van der Waals surface area contributed by atoms with Gasteiger partial charge >= 0.3 is 11.9 Å². The number of aliphatic hydroxyl groups is 1. The first-order chi connectivity index (χ1) is 21.4. The summed E-state index contributed by atoms with van der Waals surface area (Å²) in [5.74, 6) is -0.316. The van der Waals surface area contributed by atoms with Crippen molar-refractivity contribution >= 4 is 18.0 Å². The van der Waals surface area contributed by atoms with Gasteiger partial charge in [-0.05, 0) is 56.8 Å². The van der Waals surface area contributed by atoms with Crippen LogP contribution in [0, 0.1) is 24.7 Å². The van der Waals surface area contributed by atoms with Gasteiger partial charge in [0.1, 0.15) is 35.9 Å². The number of nitrogens with zero attached hydrogens (tertiary/aromatic N) is 1. The van der Waals surface area contributed by atoms with Gasteiger partial charge in [0.25, 0.3) is 0 Å². The van der Waals surface area contributed by atoms with Gasteiger partial charge in [0.05, 0.1) is 18.3 Å². The Labute approximate surface area is 265 Å². The number of cyclic esters (lactones) is 1. The lowest BCUT2D eigenvalue weighted by Crippen LogP contribution is -2.42. The number of rotatable bonds is 7. The van der Waals surface area contributed by atoms with Gasteiger partial charge in [-0.15, -0.1) is 0 Å². The van der Waals surface area contributed by atoms with Crippen LogP contribution in [-0.4, -0.2) is 77.5 Å². The Kier molecular flexibility index (Phi) is 10.2. The van der Waals surface area contributed by atoms with Gasteiger partial charge in [-0.1, -0.05) is 44.2 Å². The van der Waals surface area contributed by atoms with E-state index in [2.05, 4.69) is 4.98 Å². The summed E-state index contributed by atoms with van der Waals surface area (Å²) in [6.45, 7) is 11.6. The molecule has 5 heterocycles. The Hall–Kier alpha value is -3.05. The SMILES string of the molecule is CO[C@@H](/C(C)=C/C=C/C(C)=C/c1coc(C)n1)[C@H](C)[C@@H]1C[C@H](O)[C@@]2(C)O[C@@H]2/C=C/[C@@H](C)[C@H]2C[C@H](CC(=O)O2)C[C@@H]2O[C@H]2C(=O)O1. The first-order valence-electron chi connectivity index (χ1n) is 16.0. The van der Waals surface area contributed by atoms with Crippen molar-refractivity contribution in [1.82, 2.24) is 4.98 Å². The molecule has 0 amide bonds. The van der Waals surface area contributed by atoms with Crippen molar-refractivity contribution < 1.29 is 42.8 Å². The average molecular weight is 626 g/mol. The van der Waals surface area contributed by atoms with E-state index in [4.69, 9.17) is 28.1 Å². The van der Waals surface area contributed by atoms with Gasteiger partial charge in [0, 0.05) is 38.7 Å². The summed E-state index contributed by atoms with van der Waals surface area (Å²) in [6, 6.07) is 0. The zero-order valence-corrected chi connectivity index (χ0v) is 27.3. The van der Waals surface area contributed by atoms with Crippen LogP contribution >= 0.6 is 0 Å². The van der Waals surface area contributed by atoms with Crippen LogP contribution in [0.15, 0.2) is 52.2 Å². The van der Waals surface area contributed by atoms with Crippen LogP contribution in [0.25, 0.3) is 6.08 Å². The number of hydrogen-bond acceptors (Lipinski definition) is 10. The van der Waals surface area contributed by atoms with Crippen molar-refractivity contribution in [3.05, 3.63) is 59.4 Å². The van der Waals surface area contributed by atoms with Crippen molar-refractivity contribution in [3.63, 3.8) is 0 Å². The Morgan fingerprint density at radius 1 is 1.16 bits per heavy atom. The third-order valence-electron chi connectivity index (χ3n) is 9.63. The minimum atomic E-state index is -0.905. The molecule has 11 atom stereocenters. The molecule has 2 bridgehead atoms. The molecule has 0 saturated carbocycles. The Bertz CT molecular complexity index is 1360. The fourth-order valence-corrected chi connectivity index (χ4v) is 6.64. The molecule has 0 aliphatic carbocycles.